The molecule has 0 amide bonds. The number of ether oxygens (including phenoxy) is 1. The Bertz CT molecular complexity index is 425. The molecule has 0 aliphatic rings. The number of carbonyl (C=O) groups excluding carboxylic acids is 2. The van der Waals surface area contributed by atoms with Gasteiger partial charge in [0.15, 0.2) is 5.78 Å². The topological polar surface area (TPSA) is 65.0 Å². The number of ketones is 1. The minimum absolute atomic E-state index is 0.189. The molecule has 0 aliphatic carbocycles. The molecule has 1 rings (SSSR count). The van der Waals surface area contributed by atoms with Gasteiger partial charge in [-0.1, -0.05) is 35.5 Å². The lowest BCUT2D eigenvalue weighted by Crippen LogP contribution is -2.23. The second-order valence-electron chi connectivity index (χ2n) is 3.25. The molecule has 0 unspecified atom stereocenters. The number of hydrogen-bond donors (Lipinski definition) is 0. The SMILES string of the molecule is COC(=O)/C(=N\OCc1ccccc1)C(C)=O. The second kappa shape index (κ2) is 6.42. The van der Waals surface area contributed by atoms with E-state index in [0.717, 1.165) is 5.56 Å². The summed E-state index contributed by atoms with van der Waals surface area (Å²) in [5, 5.41) is 3.48. The fourth-order valence-corrected chi connectivity index (χ4v) is 1.09. The van der Waals surface area contributed by atoms with Crippen molar-refractivity contribution in [1.82, 2.24) is 0 Å². The number of benzene rings is 1. The van der Waals surface area contributed by atoms with Crippen LogP contribution in [0.15, 0.2) is 35.5 Å². The molecule has 1 aromatic rings. The summed E-state index contributed by atoms with van der Waals surface area (Å²) in [4.78, 5) is 27.1. The molecule has 0 heterocycles. The molecule has 0 saturated carbocycles. The number of carbonyl (C=O) groups is 2. The molecule has 90 valence electrons. The Morgan fingerprint density at radius 1 is 1.24 bits per heavy atom. The van der Waals surface area contributed by atoms with Crippen molar-refractivity contribution in [3.63, 3.8) is 0 Å². The van der Waals surface area contributed by atoms with Gasteiger partial charge in [0.2, 0.25) is 5.71 Å². The molecule has 1 aromatic carbocycles. The Hall–Kier alpha value is -2.17. The first-order valence-electron chi connectivity index (χ1n) is 4.98. The van der Waals surface area contributed by atoms with E-state index in [-0.39, 0.29) is 12.3 Å². The van der Waals surface area contributed by atoms with E-state index in [4.69, 9.17) is 4.84 Å². The maximum atomic E-state index is 11.1. The summed E-state index contributed by atoms with van der Waals surface area (Å²) in [5.41, 5.74) is 0.549. The van der Waals surface area contributed by atoms with Crippen molar-refractivity contribution in [1.29, 1.82) is 0 Å². The Morgan fingerprint density at radius 3 is 2.41 bits per heavy atom. The summed E-state index contributed by atoms with van der Waals surface area (Å²) in [6.45, 7) is 1.41. The van der Waals surface area contributed by atoms with Crippen LogP contribution in [0.5, 0.6) is 0 Å². The van der Waals surface area contributed by atoms with Gasteiger partial charge in [-0.3, -0.25) is 4.79 Å². The van der Waals surface area contributed by atoms with Gasteiger partial charge in [0.1, 0.15) is 6.61 Å². The van der Waals surface area contributed by atoms with Crippen LogP contribution in [0.1, 0.15) is 12.5 Å². The Kier molecular flexibility index (Phi) is 4.87. The van der Waals surface area contributed by atoms with Gasteiger partial charge >= 0.3 is 5.97 Å². The first-order valence-corrected chi connectivity index (χ1v) is 4.98. The lowest BCUT2D eigenvalue weighted by atomic mass is 10.2. The van der Waals surface area contributed by atoms with Gasteiger partial charge < -0.3 is 9.57 Å². The minimum Gasteiger partial charge on any atom is -0.464 e. The second-order valence-corrected chi connectivity index (χ2v) is 3.25. The van der Waals surface area contributed by atoms with E-state index in [1.54, 1.807) is 0 Å². The molecule has 0 radical (unpaired) electrons. The summed E-state index contributed by atoms with van der Waals surface area (Å²) in [6, 6.07) is 9.29. The largest absolute Gasteiger partial charge is 0.464 e. The van der Waals surface area contributed by atoms with E-state index in [1.165, 1.54) is 14.0 Å². The molecular formula is C12H13NO4. The molecule has 5 heteroatoms. The molecule has 17 heavy (non-hydrogen) atoms. The maximum absolute atomic E-state index is 11.1. The van der Waals surface area contributed by atoms with E-state index < -0.39 is 11.8 Å². The molecule has 0 saturated heterocycles. The highest BCUT2D eigenvalue weighted by Crippen LogP contribution is 2.01. The van der Waals surface area contributed by atoms with Crippen LogP contribution in [0.4, 0.5) is 0 Å². The predicted octanol–water partition coefficient (Wildman–Crippen LogP) is 1.32. The zero-order valence-electron chi connectivity index (χ0n) is 9.67. The van der Waals surface area contributed by atoms with Crippen molar-refractivity contribution in [2.75, 3.05) is 7.11 Å². The average molecular weight is 235 g/mol. The third kappa shape index (κ3) is 4.06. The lowest BCUT2D eigenvalue weighted by molar-refractivity contribution is -0.133. The van der Waals surface area contributed by atoms with Crippen molar-refractivity contribution in [2.45, 2.75) is 13.5 Å². The van der Waals surface area contributed by atoms with Gasteiger partial charge in [0.05, 0.1) is 7.11 Å². The van der Waals surface area contributed by atoms with Gasteiger partial charge in [-0.25, -0.2) is 4.79 Å². The molecule has 5 nitrogen and oxygen atoms in total. The third-order valence-corrected chi connectivity index (χ3v) is 1.94. The molecule has 0 atom stereocenters. The zero-order valence-corrected chi connectivity index (χ0v) is 9.67. The molecule has 0 spiro atoms. The fraction of sp³-hybridized carbons (Fsp3) is 0.250. The summed E-state index contributed by atoms with van der Waals surface area (Å²) < 4.78 is 4.41. The van der Waals surface area contributed by atoms with Crippen LogP contribution in [0.25, 0.3) is 0 Å². The van der Waals surface area contributed by atoms with Crippen molar-refractivity contribution in [3.8, 4) is 0 Å². The van der Waals surface area contributed by atoms with Crippen LogP contribution < -0.4 is 0 Å². The zero-order chi connectivity index (χ0) is 12.7. The summed E-state index contributed by atoms with van der Waals surface area (Å²) in [6.07, 6.45) is 0. The minimum atomic E-state index is -0.800. The van der Waals surface area contributed by atoms with Crippen LogP contribution in [-0.2, 0) is 25.8 Å². The fourth-order valence-electron chi connectivity index (χ4n) is 1.09. The van der Waals surface area contributed by atoms with Crippen molar-refractivity contribution < 1.29 is 19.2 Å². The van der Waals surface area contributed by atoms with Gasteiger partial charge in [-0.2, -0.15) is 0 Å². The summed E-state index contributed by atoms with van der Waals surface area (Å²) >= 11 is 0. The third-order valence-electron chi connectivity index (χ3n) is 1.94. The number of esters is 1. The number of hydrogen-bond acceptors (Lipinski definition) is 5. The van der Waals surface area contributed by atoms with Gasteiger partial charge in [0.25, 0.3) is 0 Å². The standard InChI is InChI=1S/C12H13NO4/c1-9(14)11(12(15)16-2)13-17-8-10-6-4-3-5-7-10/h3-7H,8H2,1-2H3/b13-11-. The Balaban J connectivity index is 2.62. The highest BCUT2D eigenvalue weighted by Gasteiger charge is 2.17. The first-order chi connectivity index (χ1) is 8.15. The van der Waals surface area contributed by atoms with Crippen LogP contribution >= 0.6 is 0 Å². The predicted molar refractivity (Wildman–Crippen MR) is 61.4 cm³/mol. The molecule has 0 aromatic heterocycles. The highest BCUT2D eigenvalue weighted by molar-refractivity contribution is 6.63. The van der Waals surface area contributed by atoms with Crippen LogP contribution in [0, 0.1) is 0 Å². The summed E-state index contributed by atoms with van der Waals surface area (Å²) in [7, 11) is 1.18. The van der Waals surface area contributed by atoms with Crippen molar-refractivity contribution in [2.24, 2.45) is 5.16 Å². The number of oxime groups is 1. The van der Waals surface area contributed by atoms with Crippen LogP contribution in [-0.4, -0.2) is 24.6 Å². The number of rotatable bonds is 5. The van der Waals surface area contributed by atoms with E-state index in [2.05, 4.69) is 9.89 Å². The monoisotopic (exact) mass is 235 g/mol. The van der Waals surface area contributed by atoms with Crippen molar-refractivity contribution >= 4 is 17.5 Å². The van der Waals surface area contributed by atoms with E-state index in [1.807, 2.05) is 30.3 Å². The first kappa shape index (κ1) is 12.9. The number of methoxy groups -OCH3 is 1. The Morgan fingerprint density at radius 2 is 1.88 bits per heavy atom. The van der Waals surface area contributed by atoms with Crippen LogP contribution in [0.3, 0.4) is 0 Å². The molecule has 0 aliphatic heterocycles. The summed E-state index contributed by atoms with van der Waals surface area (Å²) in [5.74, 6) is -1.30. The Labute approximate surface area is 99.0 Å². The number of nitrogens with zero attached hydrogens (tertiary/aromatic N) is 1. The van der Waals surface area contributed by atoms with Gasteiger partial charge in [-0.05, 0) is 5.56 Å². The van der Waals surface area contributed by atoms with Gasteiger partial charge in [-0.15, -0.1) is 0 Å². The van der Waals surface area contributed by atoms with E-state index in [9.17, 15) is 9.59 Å². The molecular weight excluding hydrogens is 222 g/mol. The maximum Gasteiger partial charge on any atom is 0.363 e. The smallest absolute Gasteiger partial charge is 0.363 e. The highest BCUT2D eigenvalue weighted by atomic mass is 16.6. The van der Waals surface area contributed by atoms with E-state index >= 15 is 0 Å². The van der Waals surface area contributed by atoms with Crippen LogP contribution in [0.2, 0.25) is 0 Å². The van der Waals surface area contributed by atoms with E-state index in [0.29, 0.717) is 0 Å². The van der Waals surface area contributed by atoms with Gasteiger partial charge in [0, 0.05) is 6.92 Å². The molecule has 0 bridgehead atoms. The van der Waals surface area contributed by atoms with Crippen molar-refractivity contribution in [3.05, 3.63) is 35.9 Å². The molecule has 0 N–H and O–H groups in total. The number of Topliss-reactive ketones (excluding diaryl/α,β-unsaturated/α-hetero) is 1. The average Bonchev–Trinajstić information content (AvgIpc) is 2.34. The normalized spacial score (nSPS) is 10.8. The lowest BCUT2D eigenvalue weighted by Gasteiger charge is -2.02. The quantitative estimate of drug-likeness (QED) is 0.334. The molecule has 0 fully saturated rings.